The third-order valence-corrected chi connectivity index (χ3v) is 4.66. The summed E-state index contributed by atoms with van der Waals surface area (Å²) < 4.78 is 7.13. The van der Waals surface area contributed by atoms with Gasteiger partial charge in [0.25, 0.3) is 11.5 Å². The van der Waals surface area contributed by atoms with Crippen LogP contribution >= 0.6 is 0 Å². The normalized spacial score (nSPS) is 11.2. The Balaban J connectivity index is 1.64. The van der Waals surface area contributed by atoms with E-state index < -0.39 is 5.91 Å². The van der Waals surface area contributed by atoms with E-state index in [1.165, 1.54) is 10.9 Å². The van der Waals surface area contributed by atoms with Gasteiger partial charge in [0, 0.05) is 5.69 Å². The number of benzene rings is 2. The van der Waals surface area contributed by atoms with Crippen LogP contribution in [0.3, 0.4) is 0 Å². The van der Waals surface area contributed by atoms with Crippen LogP contribution in [-0.4, -0.2) is 28.5 Å². The zero-order valence-electron chi connectivity index (χ0n) is 17.6. The molecule has 3 aromatic rings. The first-order chi connectivity index (χ1) is 14.4. The number of carbonyl (C=O) groups excluding carboxylic acids is 1. The van der Waals surface area contributed by atoms with Crippen LogP contribution < -0.4 is 15.7 Å². The quantitative estimate of drug-likeness (QED) is 0.465. The van der Waals surface area contributed by atoms with Gasteiger partial charge < -0.3 is 4.74 Å². The summed E-state index contributed by atoms with van der Waals surface area (Å²) in [5, 5.41) is 6.93. The standard InChI is InChI=1S/C23H26N4O3/c1-15(2)19-11-10-16(3)12-21(19)30-14-22(28)25-24-13-20-17(4)26-27(23(20)29)18-8-6-5-7-9-18/h5-13,15,26H,14H2,1-4H3,(H,25,28)/b24-13+. The summed E-state index contributed by atoms with van der Waals surface area (Å²) >= 11 is 0. The third kappa shape index (κ3) is 4.86. The van der Waals surface area contributed by atoms with Crippen molar-refractivity contribution in [2.24, 2.45) is 5.10 Å². The van der Waals surface area contributed by atoms with Crippen LogP contribution in [0.25, 0.3) is 5.69 Å². The molecule has 1 heterocycles. The molecule has 0 aliphatic heterocycles. The van der Waals surface area contributed by atoms with Crippen molar-refractivity contribution in [1.82, 2.24) is 15.2 Å². The summed E-state index contributed by atoms with van der Waals surface area (Å²) in [7, 11) is 0. The minimum absolute atomic E-state index is 0.166. The smallest absolute Gasteiger partial charge is 0.280 e. The van der Waals surface area contributed by atoms with Crippen LogP contribution in [0.4, 0.5) is 0 Å². The van der Waals surface area contributed by atoms with E-state index in [-0.39, 0.29) is 18.1 Å². The van der Waals surface area contributed by atoms with Gasteiger partial charge in [-0.1, -0.05) is 44.2 Å². The highest BCUT2D eigenvalue weighted by molar-refractivity contribution is 5.83. The van der Waals surface area contributed by atoms with E-state index in [2.05, 4.69) is 29.5 Å². The molecule has 2 aromatic carbocycles. The van der Waals surface area contributed by atoms with E-state index in [9.17, 15) is 9.59 Å². The number of nitrogens with zero attached hydrogens (tertiary/aromatic N) is 2. The third-order valence-electron chi connectivity index (χ3n) is 4.66. The average molecular weight is 406 g/mol. The number of para-hydroxylation sites is 1. The Morgan fingerprint density at radius 2 is 1.93 bits per heavy atom. The average Bonchev–Trinajstić information content (AvgIpc) is 3.01. The van der Waals surface area contributed by atoms with Gasteiger partial charge >= 0.3 is 0 Å². The topological polar surface area (TPSA) is 88.5 Å². The van der Waals surface area contributed by atoms with Gasteiger partial charge in [-0.25, -0.2) is 10.1 Å². The number of rotatable bonds is 7. The van der Waals surface area contributed by atoms with E-state index in [0.29, 0.717) is 17.0 Å². The van der Waals surface area contributed by atoms with Crippen molar-refractivity contribution >= 4 is 12.1 Å². The summed E-state index contributed by atoms with van der Waals surface area (Å²) in [6, 6.07) is 15.2. The second kappa shape index (κ2) is 9.26. The Hall–Kier alpha value is -3.61. The van der Waals surface area contributed by atoms with Gasteiger partial charge in [0.1, 0.15) is 5.75 Å². The second-order valence-corrected chi connectivity index (χ2v) is 7.40. The predicted molar refractivity (Wildman–Crippen MR) is 118 cm³/mol. The van der Waals surface area contributed by atoms with E-state index in [1.54, 1.807) is 6.92 Å². The summed E-state index contributed by atoms with van der Waals surface area (Å²) in [4.78, 5) is 24.7. The van der Waals surface area contributed by atoms with Crippen molar-refractivity contribution < 1.29 is 9.53 Å². The SMILES string of the molecule is Cc1ccc(C(C)C)c(OCC(=O)N/N=C/c2c(C)[nH]n(-c3ccccc3)c2=O)c1. The fourth-order valence-electron chi connectivity index (χ4n) is 3.06. The monoisotopic (exact) mass is 406 g/mol. The van der Waals surface area contributed by atoms with Crippen LogP contribution in [0.15, 0.2) is 58.4 Å². The predicted octanol–water partition coefficient (Wildman–Crippen LogP) is 3.43. The van der Waals surface area contributed by atoms with E-state index in [0.717, 1.165) is 16.8 Å². The molecule has 1 amide bonds. The highest BCUT2D eigenvalue weighted by atomic mass is 16.5. The fourth-order valence-corrected chi connectivity index (χ4v) is 3.06. The molecule has 0 atom stereocenters. The van der Waals surface area contributed by atoms with Crippen molar-refractivity contribution in [1.29, 1.82) is 0 Å². The summed E-state index contributed by atoms with van der Waals surface area (Å²) in [5.74, 6) is 0.570. The van der Waals surface area contributed by atoms with Crippen molar-refractivity contribution in [2.45, 2.75) is 33.6 Å². The number of hydrazone groups is 1. The van der Waals surface area contributed by atoms with Crippen LogP contribution in [0.1, 0.15) is 42.1 Å². The molecule has 0 saturated carbocycles. The number of ether oxygens (including phenoxy) is 1. The molecular formula is C23H26N4O3. The number of aromatic nitrogens is 2. The zero-order chi connectivity index (χ0) is 21.7. The summed E-state index contributed by atoms with van der Waals surface area (Å²) in [5.41, 5.74) is 6.03. The number of aryl methyl sites for hydroxylation is 2. The molecule has 0 bridgehead atoms. The van der Waals surface area contributed by atoms with Crippen LogP contribution in [0, 0.1) is 13.8 Å². The molecular weight excluding hydrogens is 380 g/mol. The molecule has 0 aliphatic carbocycles. The number of amides is 1. The molecule has 0 fully saturated rings. The first-order valence-corrected chi connectivity index (χ1v) is 9.79. The Kier molecular flexibility index (Phi) is 6.51. The number of H-pyrrole nitrogens is 1. The lowest BCUT2D eigenvalue weighted by atomic mass is 10.0. The highest BCUT2D eigenvalue weighted by Crippen LogP contribution is 2.27. The lowest BCUT2D eigenvalue weighted by Gasteiger charge is -2.14. The van der Waals surface area contributed by atoms with Crippen molar-refractivity contribution in [3.63, 3.8) is 0 Å². The lowest BCUT2D eigenvalue weighted by molar-refractivity contribution is -0.123. The maximum atomic E-state index is 12.6. The molecule has 0 aliphatic rings. The Labute approximate surface area is 175 Å². The summed E-state index contributed by atoms with van der Waals surface area (Å²) in [6.45, 7) is 7.73. The van der Waals surface area contributed by atoms with Crippen LogP contribution in [-0.2, 0) is 4.79 Å². The first kappa shape index (κ1) is 21.1. The van der Waals surface area contributed by atoms with E-state index >= 15 is 0 Å². The van der Waals surface area contributed by atoms with Gasteiger partial charge in [0.15, 0.2) is 6.61 Å². The number of hydrogen-bond donors (Lipinski definition) is 2. The Morgan fingerprint density at radius 1 is 1.20 bits per heavy atom. The molecule has 7 heteroatoms. The minimum Gasteiger partial charge on any atom is -0.483 e. The van der Waals surface area contributed by atoms with Gasteiger partial charge in [0.05, 0.1) is 17.5 Å². The molecule has 0 saturated heterocycles. The first-order valence-electron chi connectivity index (χ1n) is 9.79. The second-order valence-electron chi connectivity index (χ2n) is 7.40. The maximum absolute atomic E-state index is 12.6. The molecule has 2 N–H and O–H groups in total. The zero-order valence-corrected chi connectivity index (χ0v) is 17.6. The molecule has 3 rings (SSSR count). The largest absolute Gasteiger partial charge is 0.483 e. The molecule has 0 unspecified atom stereocenters. The minimum atomic E-state index is -0.404. The number of aromatic amines is 1. The van der Waals surface area contributed by atoms with Crippen molar-refractivity contribution in [3.05, 3.63) is 81.3 Å². The molecule has 1 aromatic heterocycles. The molecule has 156 valence electrons. The lowest BCUT2D eigenvalue weighted by Crippen LogP contribution is -2.25. The molecule has 7 nitrogen and oxygen atoms in total. The molecule has 0 radical (unpaired) electrons. The van der Waals surface area contributed by atoms with Gasteiger partial charge in [-0.2, -0.15) is 5.10 Å². The fraction of sp³-hybridized carbons (Fsp3) is 0.261. The van der Waals surface area contributed by atoms with Crippen molar-refractivity contribution in [2.75, 3.05) is 6.61 Å². The van der Waals surface area contributed by atoms with Crippen molar-refractivity contribution in [3.8, 4) is 11.4 Å². The number of nitrogens with one attached hydrogen (secondary N) is 2. The van der Waals surface area contributed by atoms with Gasteiger partial charge in [0.2, 0.25) is 0 Å². The maximum Gasteiger partial charge on any atom is 0.280 e. The van der Waals surface area contributed by atoms with Gasteiger partial charge in [-0.15, -0.1) is 0 Å². The Morgan fingerprint density at radius 3 is 2.63 bits per heavy atom. The Bertz CT molecular complexity index is 1110. The number of carbonyl (C=O) groups is 1. The number of hydrogen-bond acceptors (Lipinski definition) is 4. The van der Waals surface area contributed by atoms with Crippen LogP contribution in [0.5, 0.6) is 5.75 Å². The highest BCUT2D eigenvalue weighted by Gasteiger charge is 2.12. The van der Waals surface area contributed by atoms with E-state index in [1.807, 2.05) is 55.5 Å². The van der Waals surface area contributed by atoms with Crippen LogP contribution in [0.2, 0.25) is 0 Å². The molecule has 30 heavy (non-hydrogen) atoms. The van der Waals surface area contributed by atoms with E-state index in [4.69, 9.17) is 4.74 Å². The molecule has 0 spiro atoms. The summed E-state index contributed by atoms with van der Waals surface area (Å²) in [6.07, 6.45) is 1.34. The van der Waals surface area contributed by atoms with Gasteiger partial charge in [-0.3, -0.25) is 14.7 Å². The van der Waals surface area contributed by atoms with Gasteiger partial charge in [-0.05, 0) is 49.1 Å².